The first kappa shape index (κ1) is 54.7. The van der Waals surface area contributed by atoms with Crippen LogP contribution >= 0.6 is 46.9 Å². The Morgan fingerprint density at radius 3 is 0.250 bits per heavy atom. The van der Waals surface area contributed by atoms with Gasteiger partial charge in [0.05, 0.1) is 0 Å². The first-order chi connectivity index (χ1) is 12.0. The Labute approximate surface area is 205 Å². The fourth-order valence-electron chi connectivity index (χ4n) is 0. The summed E-state index contributed by atoms with van der Waals surface area (Å²) in [5, 5.41) is 0. The Balaban J connectivity index is -0.0000000356. The van der Waals surface area contributed by atoms with Gasteiger partial charge < -0.3 is 93.6 Å². The van der Waals surface area contributed by atoms with Gasteiger partial charge >= 0.3 is 84.7 Å². The topological polar surface area (TPSA) is 498 Å². The van der Waals surface area contributed by atoms with Gasteiger partial charge in [-0.15, -0.1) is 0 Å². The van der Waals surface area contributed by atoms with Crippen molar-refractivity contribution in [1.82, 2.24) is 0 Å². The van der Waals surface area contributed by atoms with E-state index in [1.54, 1.807) is 0 Å². The molecule has 0 atom stereocenters. The van der Waals surface area contributed by atoms with E-state index in [0.717, 1.165) is 0 Å². The summed E-state index contributed by atoms with van der Waals surface area (Å²) in [7, 11) is -27.8. The molecule has 204 valence electrons. The maximum atomic E-state index is 8.88. The SMILES string of the molecule is O.O=P(O)(O)O.O=P(O)(O)O.O=P(O)(O)O.O=P(O)(O)O.O=P(O)(O)O.O=P(O)(O)O.[CaH2]. The Morgan fingerprint density at radius 2 is 0.250 bits per heavy atom. The molecule has 0 radical (unpaired) electrons. The Hall–Kier alpha value is 1.88. The number of rotatable bonds is 0. The van der Waals surface area contributed by atoms with E-state index in [-0.39, 0.29) is 43.2 Å². The van der Waals surface area contributed by atoms with Gasteiger partial charge in [-0.25, -0.2) is 27.4 Å². The Kier molecular flexibility index (Phi) is 39.8. The Morgan fingerprint density at radius 1 is 0.250 bits per heavy atom. The average Bonchev–Trinajstić information content (AvgIpc) is 1.94. The van der Waals surface area contributed by atoms with Crippen LogP contribution < -0.4 is 0 Å². The van der Waals surface area contributed by atoms with Gasteiger partial charge in [-0.3, -0.25) is 0 Å². The summed E-state index contributed by atoms with van der Waals surface area (Å²) in [5.74, 6) is 0. The van der Waals surface area contributed by atoms with Gasteiger partial charge in [-0.2, -0.15) is 0 Å². The zero-order valence-corrected chi connectivity index (χ0v) is 19.0. The number of phosphoric acid groups is 6. The molecule has 0 fully saturated rings. The van der Waals surface area contributed by atoms with E-state index < -0.39 is 46.9 Å². The normalized spacial score (nSPS) is 11.1. The zero-order valence-electron chi connectivity index (χ0n) is 13.7. The van der Waals surface area contributed by atoms with Gasteiger partial charge in [0.2, 0.25) is 0 Å². The first-order valence-corrected chi connectivity index (χ1v) is 14.1. The third-order valence-electron chi connectivity index (χ3n) is 0. The quantitative estimate of drug-likeness (QED) is 0.0856. The summed E-state index contributed by atoms with van der Waals surface area (Å²) < 4.78 is 53.3. The molecule has 0 aliphatic heterocycles. The third kappa shape index (κ3) is 8600. The van der Waals surface area contributed by atoms with Crippen LogP contribution in [0.5, 0.6) is 0 Å². The van der Waals surface area contributed by atoms with E-state index in [1.807, 2.05) is 0 Å². The standard InChI is InChI=1S/Ca.6H3O4P.H2O.2H/c;6*1-5(2,3)4;;;/h;6*(H3,1,2,3,4);1H2;;. The molecule has 0 rings (SSSR count). The molecule has 0 aromatic rings. The molecule has 0 aromatic heterocycles. The molecule has 0 amide bonds. The van der Waals surface area contributed by atoms with Crippen molar-refractivity contribution in [3.8, 4) is 0 Å². The molecular weight excluding hydrogens is 626 g/mol. The van der Waals surface area contributed by atoms with Crippen LogP contribution in [-0.4, -0.2) is 131 Å². The molecule has 32 heteroatoms. The summed E-state index contributed by atoms with van der Waals surface area (Å²) in [4.78, 5) is 129. The van der Waals surface area contributed by atoms with Crippen LogP contribution in [0.25, 0.3) is 0 Å². The van der Waals surface area contributed by atoms with Crippen molar-refractivity contribution in [3.63, 3.8) is 0 Å². The van der Waals surface area contributed by atoms with Crippen molar-refractivity contribution < 1.29 is 121 Å². The second kappa shape index (κ2) is 23.3. The second-order valence-electron chi connectivity index (χ2n) is 3.08. The van der Waals surface area contributed by atoms with Crippen LogP contribution in [0.3, 0.4) is 0 Å². The van der Waals surface area contributed by atoms with Crippen molar-refractivity contribution >= 4 is 84.7 Å². The summed E-state index contributed by atoms with van der Waals surface area (Å²) in [6.45, 7) is 0. The maximum absolute atomic E-state index is 8.88. The molecule has 0 bridgehead atoms. The van der Waals surface area contributed by atoms with Crippen LogP contribution in [0.1, 0.15) is 0 Å². The summed E-state index contributed by atoms with van der Waals surface area (Å²) in [6.07, 6.45) is 0. The third-order valence-corrected chi connectivity index (χ3v) is 0. The Bertz CT molecular complexity index is 461. The van der Waals surface area contributed by atoms with Crippen LogP contribution in [-0.2, 0) is 27.4 Å². The summed E-state index contributed by atoms with van der Waals surface area (Å²) in [6, 6.07) is 0. The number of hydrogen-bond acceptors (Lipinski definition) is 6. The van der Waals surface area contributed by atoms with Crippen molar-refractivity contribution in [2.24, 2.45) is 0 Å². The molecule has 20 N–H and O–H groups in total. The van der Waals surface area contributed by atoms with Crippen molar-refractivity contribution in [1.29, 1.82) is 0 Å². The predicted molar refractivity (Wildman–Crippen MR) is 97.7 cm³/mol. The molecule has 0 heterocycles. The minimum atomic E-state index is -4.64. The molecule has 0 spiro atoms. The van der Waals surface area contributed by atoms with Crippen molar-refractivity contribution in [2.75, 3.05) is 0 Å². The molecule has 0 aromatic carbocycles. The molecule has 0 saturated heterocycles. The van der Waals surface area contributed by atoms with Crippen LogP contribution in [0.2, 0.25) is 0 Å². The van der Waals surface area contributed by atoms with Gasteiger partial charge in [0.15, 0.2) is 0 Å². The minimum absolute atomic E-state index is 0. The molecule has 0 aliphatic carbocycles. The van der Waals surface area contributed by atoms with E-state index in [0.29, 0.717) is 0 Å². The van der Waals surface area contributed by atoms with Crippen LogP contribution in [0, 0.1) is 0 Å². The van der Waals surface area contributed by atoms with E-state index in [4.69, 9.17) is 115 Å². The van der Waals surface area contributed by atoms with Gasteiger partial charge in [-0.05, 0) is 0 Å². The van der Waals surface area contributed by atoms with Crippen LogP contribution in [0.4, 0.5) is 0 Å². The molecule has 25 nitrogen and oxygen atoms in total. The predicted octanol–water partition coefficient (Wildman–Crippen LogP) is -7.31. The fourth-order valence-corrected chi connectivity index (χ4v) is 0. The van der Waals surface area contributed by atoms with E-state index in [2.05, 4.69) is 0 Å². The number of hydrogen-bond donors (Lipinski definition) is 18. The zero-order chi connectivity index (χ0) is 27.0. The molecule has 0 aliphatic rings. The van der Waals surface area contributed by atoms with Crippen LogP contribution in [0.15, 0.2) is 0 Å². The van der Waals surface area contributed by atoms with Gasteiger partial charge in [0.1, 0.15) is 0 Å². The molecule has 32 heavy (non-hydrogen) atoms. The van der Waals surface area contributed by atoms with E-state index in [1.165, 1.54) is 0 Å². The van der Waals surface area contributed by atoms with Gasteiger partial charge in [0, 0.05) is 0 Å². The average molecular weight is 648 g/mol. The van der Waals surface area contributed by atoms with E-state index >= 15 is 0 Å². The van der Waals surface area contributed by atoms with Gasteiger partial charge in [0.25, 0.3) is 0 Å². The monoisotopic (exact) mass is 648 g/mol. The summed E-state index contributed by atoms with van der Waals surface area (Å²) in [5.41, 5.74) is 0. The van der Waals surface area contributed by atoms with Crippen molar-refractivity contribution in [3.05, 3.63) is 0 Å². The second-order valence-corrected chi connectivity index (χ2v) is 9.24. The first-order valence-electron chi connectivity index (χ1n) is 4.70. The van der Waals surface area contributed by atoms with Crippen molar-refractivity contribution in [2.45, 2.75) is 0 Å². The molecular formula is H22CaO25P6. The fraction of sp³-hybridized carbons (Fsp3) is 0. The molecule has 0 saturated carbocycles. The van der Waals surface area contributed by atoms with E-state index in [9.17, 15) is 0 Å². The summed E-state index contributed by atoms with van der Waals surface area (Å²) >= 11 is 0. The molecule has 0 unspecified atom stereocenters. The van der Waals surface area contributed by atoms with Gasteiger partial charge in [-0.1, -0.05) is 0 Å².